The van der Waals surface area contributed by atoms with Gasteiger partial charge in [-0.15, -0.1) is 11.3 Å². The standard InChI is InChI=1S/C16H22N4OS/c17-16(18-11-13-5-3-9-21-13)19-12-14(15-6-4-10-22-15)20-7-1-2-8-20/h3-6,9-10,14H,1-2,7-8,11-12H2,(H3,17,18,19)/t14-/m1/s1. The van der Waals surface area contributed by atoms with Crippen LogP contribution in [0.4, 0.5) is 0 Å². The quantitative estimate of drug-likeness (QED) is 0.634. The van der Waals surface area contributed by atoms with Gasteiger partial charge < -0.3 is 15.5 Å². The van der Waals surface area contributed by atoms with Gasteiger partial charge in [-0.2, -0.15) is 0 Å². The molecule has 1 saturated heterocycles. The van der Waals surface area contributed by atoms with Crippen molar-refractivity contribution in [1.29, 1.82) is 0 Å². The van der Waals surface area contributed by atoms with Crippen LogP contribution in [0.25, 0.3) is 0 Å². The maximum absolute atomic E-state index is 5.97. The van der Waals surface area contributed by atoms with Crippen LogP contribution in [0.1, 0.15) is 29.5 Å². The summed E-state index contributed by atoms with van der Waals surface area (Å²) in [6.07, 6.45) is 4.21. The van der Waals surface area contributed by atoms with E-state index in [-0.39, 0.29) is 0 Å². The highest BCUT2D eigenvalue weighted by molar-refractivity contribution is 7.10. The van der Waals surface area contributed by atoms with E-state index in [1.165, 1.54) is 17.7 Å². The van der Waals surface area contributed by atoms with Crippen LogP contribution in [-0.2, 0) is 6.54 Å². The number of guanidine groups is 1. The molecule has 2 aromatic heterocycles. The largest absolute Gasteiger partial charge is 0.467 e. The molecule has 1 aliphatic heterocycles. The molecule has 3 N–H and O–H groups in total. The molecule has 0 aromatic carbocycles. The molecule has 1 aliphatic rings. The lowest BCUT2D eigenvalue weighted by Gasteiger charge is -2.27. The van der Waals surface area contributed by atoms with Gasteiger partial charge in [-0.05, 0) is 49.5 Å². The molecule has 5 nitrogen and oxygen atoms in total. The summed E-state index contributed by atoms with van der Waals surface area (Å²) >= 11 is 1.80. The number of thiophene rings is 1. The van der Waals surface area contributed by atoms with Gasteiger partial charge in [0.25, 0.3) is 0 Å². The molecular formula is C16H22N4OS. The molecule has 1 fully saturated rings. The smallest absolute Gasteiger partial charge is 0.189 e. The van der Waals surface area contributed by atoms with Crippen molar-refractivity contribution in [2.75, 3.05) is 19.6 Å². The van der Waals surface area contributed by atoms with E-state index in [1.807, 2.05) is 12.1 Å². The maximum Gasteiger partial charge on any atom is 0.189 e. The highest BCUT2D eigenvalue weighted by Gasteiger charge is 2.24. The third-order valence-corrected chi connectivity index (χ3v) is 4.89. The van der Waals surface area contributed by atoms with Crippen molar-refractivity contribution in [3.05, 3.63) is 46.5 Å². The zero-order valence-corrected chi connectivity index (χ0v) is 13.4. The number of hydrogen-bond acceptors (Lipinski definition) is 4. The molecule has 0 aliphatic carbocycles. The van der Waals surface area contributed by atoms with E-state index in [0.717, 1.165) is 25.4 Å². The zero-order chi connectivity index (χ0) is 15.2. The first-order chi connectivity index (χ1) is 10.8. The summed E-state index contributed by atoms with van der Waals surface area (Å²) in [5.74, 6) is 1.29. The Bertz CT molecular complexity index is 573. The number of rotatable bonds is 6. The van der Waals surface area contributed by atoms with Gasteiger partial charge in [0.05, 0.1) is 12.3 Å². The predicted octanol–water partition coefficient (Wildman–Crippen LogP) is 2.58. The summed E-state index contributed by atoms with van der Waals surface area (Å²) in [5, 5.41) is 5.39. The molecule has 3 heterocycles. The predicted molar refractivity (Wildman–Crippen MR) is 89.9 cm³/mol. The number of furan rings is 1. The zero-order valence-electron chi connectivity index (χ0n) is 12.6. The summed E-state index contributed by atoms with van der Waals surface area (Å²) in [5.41, 5.74) is 5.97. The lowest BCUT2D eigenvalue weighted by Crippen LogP contribution is -2.39. The molecule has 1 atom stereocenters. The van der Waals surface area contributed by atoms with Gasteiger partial charge in [0.2, 0.25) is 0 Å². The Morgan fingerprint density at radius 1 is 1.36 bits per heavy atom. The molecule has 118 valence electrons. The Morgan fingerprint density at radius 3 is 2.91 bits per heavy atom. The van der Waals surface area contributed by atoms with E-state index in [0.29, 0.717) is 18.5 Å². The maximum atomic E-state index is 5.97. The lowest BCUT2D eigenvalue weighted by atomic mass is 10.2. The first-order valence-corrected chi connectivity index (χ1v) is 8.54. The Labute approximate surface area is 134 Å². The number of likely N-dealkylation sites (tertiary alicyclic amines) is 1. The lowest BCUT2D eigenvalue weighted by molar-refractivity contribution is 0.249. The minimum absolute atomic E-state index is 0.375. The number of nitrogens with zero attached hydrogens (tertiary/aromatic N) is 2. The molecule has 0 spiro atoms. The van der Waals surface area contributed by atoms with Crippen molar-refractivity contribution in [1.82, 2.24) is 10.2 Å². The van der Waals surface area contributed by atoms with E-state index in [9.17, 15) is 0 Å². The Morgan fingerprint density at radius 2 is 2.23 bits per heavy atom. The normalized spacial score (nSPS) is 17.7. The number of aliphatic imine (C=N–C) groups is 1. The van der Waals surface area contributed by atoms with E-state index in [1.54, 1.807) is 17.6 Å². The van der Waals surface area contributed by atoms with Gasteiger partial charge in [-0.3, -0.25) is 4.90 Å². The second-order valence-electron chi connectivity index (χ2n) is 5.44. The number of nitrogens with two attached hydrogens (primary N) is 1. The van der Waals surface area contributed by atoms with Crippen LogP contribution in [0.5, 0.6) is 0 Å². The minimum Gasteiger partial charge on any atom is -0.467 e. The summed E-state index contributed by atoms with van der Waals surface area (Å²) in [7, 11) is 0. The van der Waals surface area contributed by atoms with Crippen molar-refractivity contribution in [2.24, 2.45) is 10.7 Å². The van der Waals surface area contributed by atoms with Gasteiger partial charge in [0.15, 0.2) is 5.96 Å². The Kier molecular flexibility index (Phi) is 5.13. The molecule has 0 amide bonds. The van der Waals surface area contributed by atoms with Crippen LogP contribution in [0.15, 0.2) is 45.3 Å². The van der Waals surface area contributed by atoms with E-state index in [2.05, 4.69) is 32.7 Å². The summed E-state index contributed by atoms with van der Waals surface area (Å²) < 4.78 is 5.25. The van der Waals surface area contributed by atoms with Crippen LogP contribution in [0.2, 0.25) is 0 Å². The highest BCUT2D eigenvalue weighted by atomic mass is 32.1. The van der Waals surface area contributed by atoms with E-state index in [4.69, 9.17) is 10.2 Å². The summed E-state index contributed by atoms with van der Waals surface area (Å²) in [4.78, 5) is 8.23. The van der Waals surface area contributed by atoms with Crippen LogP contribution < -0.4 is 11.1 Å². The van der Waals surface area contributed by atoms with Gasteiger partial charge in [-0.1, -0.05) is 6.07 Å². The van der Waals surface area contributed by atoms with Crippen LogP contribution in [0.3, 0.4) is 0 Å². The van der Waals surface area contributed by atoms with E-state index >= 15 is 0 Å². The summed E-state index contributed by atoms with van der Waals surface area (Å²) in [6.45, 7) is 3.58. The van der Waals surface area contributed by atoms with Crippen molar-refractivity contribution in [3.63, 3.8) is 0 Å². The molecule has 22 heavy (non-hydrogen) atoms. The molecular weight excluding hydrogens is 296 g/mol. The van der Waals surface area contributed by atoms with Crippen molar-refractivity contribution < 1.29 is 4.42 Å². The fourth-order valence-corrected chi connectivity index (χ4v) is 3.63. The SMILES string of the molecule is NC(=NCc1ccco1)NC[C@H](c1cccs1)N1CCCC1. The molecule has 0 saturated carbocycles. The number of nitrogens with one attached hydrogen (secondary N) is 1. The van der Waals surface area contributed by atoms with Crippen LogP contribution in [-0.4, -0.2) is 30.5 Å². The Hall–Kier alpha value is -1.79. The van der Waals surface area contributed by atoms with Gasteiger partial charge in [-0.25, -0.2) is 4.99 Å². The van der Waals surface area contributed by atoms with Crippen LogP contribution >= 0.6 is 11.3 Å². The third-order valence-electron chi connectivity index (χ3n) is 3.91. The second-order valence-corrected chi connectivity index (χ2v) is 6.42. The highest BCUT2D eigenvalue weighted by Crippen LogP contribution is 2.27. The number of hydrogen-bond donors (Lipinski definition) is 2. The molecule has 2 aromatic rings. The molecule has 0 radical (unpaired) electrons. The monoisotopic (exact) mass is 318 g/mol. The molecule has 0 unspecified atom stereocenters. The van der Waals surface area contributed by atoms with Crippen LogP contribution in [0, 0.1) is 0 Å². The van der Waals surface area contributed by atoms with Gasteiger partial charge >= 0.3 is 0 Å². The average molecular weight is 318 g/mol. The molecule has 6 heteroatoms. The fourth-order valence-electron chi connectivity index (χ4n) is 2.77. The van der Waals surface area contributed by atoms with Crippen molar-refractivity contribution in [3.8, 4) is 0 Å². The van der Waals surface area contributed by atoms with Crippen molar-refractivity contribution in [2.45, 2.75) is 25.4 Å². The van der Waals surface area contributed by atoms with E-state index < -0.39 is 0 Å². The topological polar surface area (TPSA) is 66.8 Å². The van der Waals surface area contributed by atoms with Gasteiger partial charge in [0, 0.05) is 11.4 Å². The van der Waals surface area contributed by atoms with Gasteiger partial charge in [0.1, 0.15) is 12.3 Å². The fraction of sp³-hybridized carbons (Fsp3) is 0.438. The third kappa shape index (κ3) is 3.90. The first-order valence-electron chi connectivity index (χ1n) is 7.66. The molecule has 3 rings (SSSR count). The first kappa shape index (κ1) is 15.1. The second kappa shape index (κ2) is 7.47. The Balaban J connectivity index is 1.57. The average Bonchev–Trinajstić information content (AvgIpc) is 3.27. The summed E-state index contributed by atoms with van der Waals surface area (Å²) in [6, 6.07) is 8.44. The molecule has 0 bridgehead atoms. The van der Waals surface area contributed by atoms with Crippen molar-refractivity contribution >= 4 is 17.3 Å². The minimum atomic E-state index is 0.375.